The van der Waals surface area contributed by atoms with Crippen molar-refractivity contribution in [2.75, 3.05) is 0 Å². The van der Waals surface area contributed by atoms with Crippen LogP contribution >= 0.6 is 0 Å². The predicted molar refractivity (Wildman–Crippen MR) is 63.6 cm³/mol. The third kappa shape index (κ3) is 3.11. The lowest BCUT2D eigenvalue weighted by Crippen LogP contribution is -2.10. The van der Waals surface area contributed by atoms with Crippen LogP contribution in [0.4, 0.5) is 0 Å². The number of nitrogens with zero attached hydrogens (tertiary/aromatic N) is 2. The SMILES string of the molecule is CC(C)(C)c1ccc(CC(C#N)C#N)cc1. The first-order chi connectivity index (χ1) is 7.47. The van der Waals surface area contributed by atoms with Gasteiger partial charge in [-0.15, -0.1) is 0 Å². The molecule has 1 aromatic carbocycles. The van der Waals surface area contributed by atoms with Crippen molar-refractivity contribution in [3.8, 4) is 12.1 Å². The van der Waals surface area contributed by atoms with Crippen LogP contribution in [-0.2, 0) is 11.8 Å². The number of rotatable bonds is 2. The molecule has 0 fully saturated rings. The van der Waals surface area contributed by atoms with Gasteiger partial charge in [0, 0.05) is 6.42 Å². The Morgan fingerprint density at radius 1 is 1.06 bits per heavy atom. The lowest BCUT2D eigenvalue weighted by atomic mass is 9.86. The largest absolute Gasteiger partial charge is 0.197 e. The molecule has 0 aliphatic rings. The highest BCUT2D eigenvalue weighted by atomic mass is 14.3. The van der Waals surface area contributed by atoms with Gasteiger partial charge in [-0.25, -0.2) is 0 Å². The van der Waals surface area contributed by atoms with Crippen LogP contribution in [0.3, 0.4) is 0 Å². The molecule has 1 rings (SSSR count). The van der Waals surface area contributed by atoms with Gasteiger partial charge in [0.25, 0.3) is 0 Å². The summed E-state index contributed by atoms with van der Waals surface area (Å²) in [6.45, 7) is 6.49. The second-order valence-electron chi connectivity index (χ2n) is 4.96. The van der Waals surface area contributed by atoms with Crippen molar-refractivity contribution in [1.82, 2.24) is 0 Å². The van der Waals surface area contributed by atoms with Gasteiger partial charge in [-0.1, -0.05) is 45.0 Å². The van der Waals surface area contributed by atoms with Crippen molar-refractivity contribution < 1.29 is 0 Å². The van der Waals surface area contributed by atoms with Gasteiger partial charge in [0.15, 0.2) is 0 Å². The van der Waals surface area contributed by atoms with Crippen molar-refractivity contribution in [3.05, 3.63) is 35.4 Å². The van der Waals surface area contributed by atoms with Crippen LogP contribution < -0.4 is 0 Å². The first-order valence-electron chi connectivity index (χ1n) is 5.36. The van der Waals surface area contributed by atoms with Crippen LogP contribution in [0.25, 0.3) is 0 Å². The van der Waals surface area contributed by atoms with Crippen LogP contribution in [0.5, 0.6) is 0 Å². The van der Waals surface area contributed by atoms with Crippen molar-refractivity contribution >= 4 is 0 Å². The van der Waals surface area contributed by atoms with E-state index < -0.39 is 5.92 Å². The molecule has 0 saturated heterocycles. The second-order valence-corrected chi connectivity index (χ2v) is 4.96. The Balaban J connectivity index is 2.82. The fourth-order valence-electron chi connectivity index (χ4n) is 1.50. The van der Waals surface area contributed by atoms with Crippen LogP contribution in [0.1, 0.15) is 31.9 Å². The standard InChI is InChI=1S/C14H16N2/c1-14(2,3)13-6-4-11(5-7-13)8-12(9-15)10-16/h4-7,12H,8H2,1-3H3. The third-order valence-electron chi connectivity index (χ3n) is 2.57. The molecule has 0 spiro atoms. The first kappa shape index (κ1) is 12.3. The lowest BCUT2D eigenvalue weighted by molar-refractivity contribution is 0.590. The van der Waals surface area contributed by atoms with Gasteiger partial charge >= 0.3 is 0 Å². The summed E-state index contributed by atoms with van der Waals surface area (Å²) in [5, 5.41) is 17.4. The Morgan fingerprint density at radius 3 is 1.94 bits per heavy atom. The van der Waals surface area contributed by atoms with Gasteiger partial charge in [-0.3, -0.25) is 0 Å². The summed E-state index contributed by atoms with van der Waals surface area (Å²) < 4.78 is 0. The Hall–Kier alpha value is -1.80. The summed E-state index contributed by atoms with van der Waals surface area (Å²) in [5.74, 6) is -0.541. The average Bonchev–Trinajstić information content (AvgIpc) is 2.25. The van der Waals surface area contributed by atoms with E-state index in [1.165, 1.54) is 5.56 Å². The van der Waals surface area contributed by atoms with Gasteiger partial charge in [0.2, 0.25) is 0 Å². The molecule has 0 radical (unpaired) electrons. The molecule has 0 bridgehead atoms. The molecule has 1 aromatic rings. The van der Waals surface area contributed by atoms with E-state index in [0.29, 0.717) is 6.42 Å². The highest BCUT2D eigenvalue weighted by Gasteiger charge is 2.13. The molecule has 0 atom stereocenters. The summed E-state index contributed by atoms with van der Waals surface area (Å²) in [4.78, 5) is 0. The van der Waals surface area contributed by atoms with Crippen LogP contribution in [0.15, 0.2) is 24.3 Å². The molecule has 0 unspecified atom stereocenters. The quantitative estimate of drug-likeness (QED) is 0.755. The highest BCUT2D eigenvalue weighted by molar-refractivity contribution is 5.28. The topological polar surface area (TPSA) is 47.6 Å². The molecule has 0 heterocycles. The lowest BCUT2D eigenvalue weighted by Gasteiger charge is -2.19. The molecule has 0 aromatic heterocycles. The van der Waals surface area contributed by atoms with E-state index in [-0.39, 0.29) is 5.41 Å². The van der Waals surface area contributed by atoms with Crippen molar-refractivity contribution in [3.63, 3.8) is 0 Å². The number of hydrogen-bond donors (Lipinski definition) is 0. The molecule has 0 aliphatic heterocycles. The summed E-state index contributed by atoms with van der Waals surface area (Å²) in [6.07, 6.45) is 0.511. The fraction of sp³-hybridized carbons (Fsp3) is 0.429. The van der Waals surface area contributed by atoms with Crippen molar-refractivity contribution in [2.24, 2.45) is 5.92 Å². The molecular weight excluding hydrogens is 196 g/mol. The highest BCUT2D eigenvalue weighted by Crippen LogP contribution is 2.22. The maximum Gasteiger partial charge on any atom is 0.137 e. The monoisotopic (exact) mass is 212 g/mol. The third-order valence-corrected chi connectivity index (χ3v) is 2.57. The molecule has 16 heavy (non-hydrogen) atoms. The van der Waals surface area contributed by atoms with Crippen LogP contribution in [0, 0.1) is 28.6 Å². The van der Waals surface area contributed by atoms with E-state index in [9.17, 15) is 0 Å². The number of nitriles is 2. The minimum atomic E-state index is -0.541. The molecule has 0 saturated carbocycles. The van der Waals surface area contributed by atoms with E-state index in [1.54, 1.807) is 0 Å². The van der Waals surface area contributed by atoms with E-state index in [2.05, 4.69) is 32.9 Å². The van der Waals surface area contributed by atoms with Crippen LogP contribution in [0.2, 0.25) is 0 Å². The van der Waals surface area contributed by atoms with Crippen LogP contribution in [-0.4, -0.2) is 0 Å². The van der Waals surface area contributed by atoms with E-state index in [0.717, 1.165) is 5.56 Å². The second kappa shape index (κ2) is 4.81. The normalized spacial score (nSPS) is 10.9. The average molecular weight is 212 g/mol. The van der Waals surface area contributed by atoms with E-state index in [4.69, 9.17) is 10.5 Å². The zero-order valence-electron chi connectivity index (χ0n) is 9.99. The molecule has 0 amide bonds. The maximum atomic E-state index is 8.70. The summed E-state index contributed by atoms with van der Waals surface area (Å²) in [6, 6.07) is 12.1. The minimum absolute atomic E-state index is 0.141. The molecular formula is C14H16N2. The van der Waals surface area contributed by atoms with Crippen molar-refractivity contribution in [1.29, 1.82) is 10.5 Å². The fourth-order valence-corrected chi connectivity index (χ4v) is 1.50. The van der Waals surface area contributed by atoms with E-state index >= 15 is 0 Å². The minimum Gasteiger partial charge on any atom is -0.197 e. The Bertz CT molecular complexity index is 410. The smallest absolute Gasteiger partial charge is 0.137 e. The maximum absolute atomic E-state index is 8.70. The Kier molecular flexibility index (Phi) is 3.69. The zero-order chi connectivity index (χ0) is 12.2. The molecule has 0 N–H and O–H groups in total. The Morgan fingerprint density at radius 2 is 1.56 bits per heavy atom. The zero-order valence-corrected chi connectivity index (χ0v) is 9.99. The Labute approximate surface area is 97.1 Å². The number of hydrogen-bond acceptors (Lipinski definition) is 2. The first-order valence-corrected chi connectivity index (χ1v) is 5.36. The molecule has 0 aliphatic carbocycles. The number of benzene rings is 1. The van der Waals surface area contributed by atoms with Gasteiger partial charge in [0.05, 0.1) is 12.1 Å². The summed E-state index contributed by atoms with van der Waals surface area (Å²) in [5.41, 5.74) is 2.45. The summed E-state index contributed by atoms with van der Waals surface area (Å²) in [7, 11) is 0. The van der Waals surface area contributed by atoms with E-state index in [1.807, 2.05) is 24.3 Å². The van der Waals surface area contributed by atoms with Gasteiger partial charge in [-0.2, -0.15) is 10.5 Å². The predicted octanol–water partition coefficient (Wildman–Crippen LogP) is 3.19. The van der Waals surface area contributed by atoms with Gasteiger partial charge in [-0.05, 0) is 16.5 Å². The van der Waals surface area contributed by atoms with Crippen molar-refractivity contribution in [2.45, 2.75) is 32.6 Å². The molecule has 2 heteroatoms. The van der Waals surface area contributed by atoms with Gasteiger partial charge < -0.3 is 0 Å². The summed E-state index contributed by atoms with van der Waals surface area (Å²) >= 11 is 0. The molecule has 82 valence electrons. The molecule has 2 nitrogen and oxygen atoms in total. The van der Waals surface area contributed by atoms with Gasteiger partial charge in [0.1, 0.15) is 5.92 Å².